The van der Waals surface area contributed by atoms with Gasteiger partial charge in [-0.05, 0) is 30.2 Å². The van der Waals surface area contributed by atoms with E-state index in [1.54, 1.807) is 19.4 Å². The molecule has 0 saturated carbocycles. The summed E-state index contributed by atoms with van der Waals surface area (Å²) in [5.41, 5.74) is 4.28. The van der Waals surface area contributed by atoms with Crippen molar-refractivity contribution in [1.82, 2.24) is 20.2 Å². The summed E-state index contributed by atoms with van der Waals surface area (Å²) in [5, 5.41) is 13.1. The standard InChI is InChI=1S/C22H25N5O3S/c1-4-12-30-18-11-10-16(13-19(18)29-3)14-23-24-20(28)15-31-22-26-25-21(27(22)2)17-8-6-5-7-9-17/h5-11,13-14H,4,12,15H2,1-3H3,(H,24,28)/b23-14+. The molecule has 0 saturated heterocycles. The highest BCUT2D eigenvalue weighted by Crippen LogP contribution is 2.27. The van der Waals surface area contributed by atoms with Gasteiger partial charge >= 0.3 is 0 Å². The van der Waals surface area contributed by atoms with Crippen molar-refractivity contribution in [3.05, 3.63) is 54.1 Å². The van der Waals surface area contributed by atoms with E-state index in [1.807, 2.05) is 61.0 Å². The van der Waals surface area contributed by atoms with Crippen LogP contribution in [0.5, 0.6) is 11.5 Å². The highest BCUT2D eigenvalue weighted by molar-refractivity contribution is 7.99. The van der Waals surface area contributed by atoms with Crippen molar-refractivity contribution in [2.24, 2.45) is 12.1 Å². The van der Waals surface area contributed by atoms with Gasteiger partial charge < -0.3 is 14.0 Å². The van der Waals surface area contributed by atoms with Crippen LogP contribution in [0.25, 0.3) is 11.4 Å². The maximum Gasteiger partial charge on any atom is 0.250 e. The first-order chi connectivity index (χ1) is 15.1. The zero-order chi connectivity index (χ0) is 22.1. The van der Waals surface area contributed by atoms with Crippen molar-refractivity contribution in [3.63, 3.8) is 0 Å². The van der Waals surface area contributed by atoms with Crippen LogP contribution in [-0.2, 0) is 11.8 Å². The Morgan fingerprint density at radius 2 is 2.00 bits per heavy atom. The number of hydrogen-bond donors (Lipinski definition) is 1. The van der Waals surface area contributed by atoms with Gasteiger partial charge in [0, 0.05) is 12.6 Å². The van der Waals surface area contributed by atoms with Crippen LogP contribution in [0.2, 0.25) is 0 Å². The molecule has 31 heavy (non-hydrogen) atoms. The molecule has 0 radical (unpaired) electrons. The van der Waals surface area contributed by atoms with Gasteiger partial charge in [0.05, 0.1) is 25.7 Å². The van der Waals surface area contributed by atoms with E-state index in [9.17, 15) is 4.79 Å². The van der Waals surface area contributed by atoms with Gasteiger partial charge in [-0.15, -0.1) is 10.2 Å². The fraction of sp³-hybridized carbons (Fsp3) is 0.273. The fourth-order valence-corrected chi connectivity index (χ4v) is 3.42. The average molecular weight is 440 g/mol. The molecule has 8 nitrogen and oxygen atoms in total. The van der Waals surface area contributed by atoms with Gasteiger partial charge in [-0.3, -0.25) is 4.79 Å². The van der Waals surface area contributed by atoms with E-state index < -0.39 is 0 Å². The van der Waals surface area contributed by atoms with Crippen LogP contribution in [0, 0.1) is 0 Å². The van der Waals surface area contributed by atoms with Gasteiger partial charge in [0.15, 0.2) is 22.5 Å². The number of benzene rings is 2. The summed E-state index contributed by atoms with van der Waals surface area (Å²) in [6.07, 6.45) is 2.48. The molecule has 3 aromatic rings. The molecule has 0 spiro atoms. The highest BCUT2D eigenvalue weighted by atomic mass is 32.2. The first-order valence-corrected chi connectivity index (χ1v) is 10.8. The first-order valence-electron chi connectivity index (χ1n) is 9.82. The predicted molar refractivity (Wildman–Crippen MR) is 122 cm³/mol. The molecular weight excluding hydrogens is 414 g/mol. The van der Waals surface area contributed by atoms with Gasteiger partial charge in [-0.25, -0.2) is 5.43 Å². The number of nitrogens with zero attached hydrogens (tertiary/aromatic N) is 4. The minimum Gasteiger partial charge on any atom is -0.493 e. The number of methoxy groups -OCH3 is 1. The van der Waals surface area contributed by atoms with E-state index in [2.05, 4.69) is 20.7 Å². The van der Waals surface area contributed by atoms with Crippen LogP contribution in [0.3, 0.4) is 0 Å². The van der Waals surface area contributed by atoms with E-state index >= 15 is 0 Å². The molecular formula is C22H25N5O3S. The number of carbonyl (C=O) groups excluding carboxylic acids is 1. The van der Waals surface area contributed by atoms with Crippen LogP contribution in [0.15, 0.2) is 58.8 Å². The Morgan fingerprint density at radius 3 is 2.74 bits per heavy atom. The molecule has 0 aliphatic rings. The fourth-order valence-electron chi connectivity index (χ4n) is 2.72. The molecule has 9 heteroatoms. The zero-order valence-corrected chi connectivity index (χ0v) is 18.6. The third-order valence-corrected chi connectivity index (χ3v) is 5.27. The smallest absolute Gasteiger partial charge is 0.250 e. The molecule has 0 bridgehead atoms. The van der Waals surface area contributed by atoms with Crippen LogP contribution in [0.4, 0.5) is 0 Å². The number of hydrazone groups is 1. The number of nitrogens with one attached hydrogen (secondary N) is 1. The van der Waals surface area contributed by atoms with E-state index in [1.165, 1.54) is 11.8 Å². The van der Waals surface area contributed by atoms with Crippen LogP contribution in [-0.4, -0.2) is 46.4 Å². The van der Waals surface area contributed by atoms with Crippen molar-refractivity contribution in [2.75, 3.05) is 19.5 Å². The predicted octanol–water partition coefficient (Wildman–Crippen LogP) is 3.52. The number of aromatic nitrogens is 3. The number of thioether (sulfide) groups is 1. The Bertz CT molecular complexity index is 1040. The summed E-state index contributed by atoms with van der Waals surface area (Å²) in [6.45, 7) is 2.66. The largest absolute Gasteiger partial charge is 0.493 e. The van der Waals surface area contributed by atoms with Crippen molar-refractivity contribution < 1.29 is 14.3 Å². The Hall–Kier alpha value is -3.33. The second-order valence-electron chi connectivity index (χ2n) is 6.57. The summed E-state index contributed by atoms with van der Waals surface area (Å²) < 4.78 is 12.9. The molecule has 0 aliphatic heterocycles. The van der Waals surface area contributed by atoms with E-state index in [-0.39, 0.29) is 11.7 Å². The topological polar surface area (TPSA) is 90.6 Å². The van der Waals surface area contributed by atoms with Gasteiger partial charge in [-0.1, -0.05) is 49.0 Å². The van der Waals surface area contributed by atoms with E-state index in [0.717, 1.165) is 23.4 Å². The molecule has 1 N–H and O–H groups in total. The van der Waals surface area contributed by atoms with Crippen molar-refractivity contribution in [3.8, 4) is 22.9 Å². The molecule has 162 valence electrons. The summed E-state index contributed by atoms with van der Waals surface area (Å²) in [6, 6.07) is 15.3. The normalized spacial score (nSPS) is 10.9. The average Bonchev–Trinajstić information content (AvgIpc) is 3.17. The minimum absolute atomic E-state index is 0.172. The second kappa shape index (κ2) is 11.2. The lowest BCUT2D eigenvalue weighted by molar-refractivity contribution is -0.118. The lowest BCUT2D eigenvalue weighted by Gasteiger charge is -2.10. The van der Waals surface area contributed by atoms with Crippen LogP contribution >= 0.6 is 11.8 Å². The van der Waals surface area contributed by atoms with Crippen molar-refractivity contribution in [2.45, 2.75) is 18.5 Å². The van der Waals surface area contributed by atoms with Crippen LogP contribution in [0.1, 0.15) is 18.9 Å². The zero-order valence-electron chi connectivity index (χ0n) is 17.7. The molecule has 2 aromatic carbocycles. The Labute approximate surface area is 185 Å². The van der Waals surface area contributed by atoms with Gasteiger partial charge in [0.2, 0.25) is 0 Å². The number of ether oxygens (including phenoxy) is 2. The first kappa shape index (κ1) is 22.4. The Balaban J connectivity index is 1.53. The summed E-state index contributed by atoms with van der Waals surface area (Å²) in [4.78, 5) is 12.1. The molecule has 0 atom stereocenters. The third-order valence-electron chi connectivity index (χ3n) is 4.25. The monoisotopic (exact) mass is 439 g/mol. The summed E-state index contributed by atoms with van der Waals surface area (Å²) in [5.74, 6) is 1.99. The lowest BCUT2D eigenvalue weighted by Crippen LogP contribution is -2.19. The Morgan fingerprint density at radius 1 is 1.19 bits per heavy atom. The molecule has 1 amide bonds. The number of amides is 1. The van der Waals surface area contributed by atoms with Gasteiger partial charge in [0.1, 0.15) is 0 Å². The lowest BCUT2D eigenvalue weighted by atomic mass is 10.2. The number of carbonyl (C=O) groups is 1. The van der Waals surface area contributed by atoms with E-state index in [4.69, 9.17) is 9.47 Å². The number of hydrogen-bond acceptors (Lipinski definition) is 7. The minimum atomic E-state index is -0.236. The highest BCUT2D eigenvalue weighted by Gasteiger charge is 2.12. The second-order valence-corrected chi connectivity index (χ2v) is 7.51. The maximum absolute atomic E-state index is 12.1. The van der Waals surface area contributed by atoms with Crippen molar-refractivity contribution >= 4 is 23.9 Å². The molecule has 0 aliphatic carbocycles. The molecule has 3 rings (SSSR count). The third kappa shape index (κ3) is 6.08. The van der Waals surface area contributed by atoms with Gasteiger partial charge in [0.25, 0.3) is 5.91 Å². The number of rotatable bonds is 10. The summed E-state index contributed by atoms with van der Waals surface area (Å²) >= 11 is 1.30. The SMILES string of the molecule is CCCOc1ccc(/C=N/NC(=O)CSc2nnc(-c3ccccc3)n2C)cc1OC. The van der Waals surface area contributed by atoms with Crippen molar-refractivity contribution in [1.29, 1.82) is 0 Å². The van der Waals surface area contributed by atoms with E-state index in [0.29, 0.717) is 23.3 Å². The molecule has 1 aromatic heterocycles. The quantitative estimate of drug-likeness (QED) is 0.295. The maximum atomic E-state index is 12.1. The molecule has 0 unspecified atom stereocenters. The van der Waals surface area contributed by atoms with Crippen LogP contribution < -0.4 is 14.9 Å². The summed E-state index contributed by atoms with van der Waals surface area (Å²) in [7, 11) is 3.46. The molecule has 0 fully saturated rings. The Kier molecular flexibility index (Phi) is 8.05. The van der Waals surface area contributed by atoms with Gasteiger partial charge in [-0.2, -0.15) is 5.10 Å². The molecule has 1 heterocycles.